The second-order valence-electron chi connectivity index (χ2n) is 4.31. The molecule has 0 bridgehead atoms. The van der Waals surface area contributed by atoms with Crippen molar-refractivity contribution in [3.8, 4) is 17.2 Å². The fourth-order valence-electron chi connectivity index (χ4n) is 1.93. The molecule has 4 nitrogen and oxygen atoms in total. The maximum Gasteiger partial charge on any atom is 0.264 e. The first-order valence-corrected chi connectivity index (χ1v) is 6.08. The minimum Gasteiger partial charge on any atom is -0.507 e. The number of benzene rings is 2. The Bertz CT molecular complexity index is 705. The van der Waals surface area contributed by atoms with Gasteiger partial charge in [0.25, 0.3) is 5.89 Å². The lowest BCUT2D eigenvalue weighted by Gasteiger charge is -1.99. The van der Waals surface area contributed by atoms with Crippen molar-refractivity contribution in [3.63, 3.8) is 0 Å². The number of hydrogen-bond donors (Lipinski definition) is 1. The molecule has 0 atom stereocenters. The first-order valence-electron chi connectivity index (χ1n) is 6.08. The van der Waals surface area contributed by atoms with Gasteiger partial charge in [-0.1, -0.05) is 41.6 Å². The predicted octanol–water partition coefficient (Wildman–Crippen LogP) is 3.17. The highest BCUT2D eigenvalue weighted by atomic mass is 19.1. The smallest absolute Gasteiger partial charge is 0.264 e. The van der Waals surface area contributed by atoms with Crippen molar-refractivity contribution in [2.24, 2.45) is 0 Å². The van der Waals surface area contributed by atoms with Crippen molar-refractivity contribution >= 4 is 0 Å². The van der Waals surface area contributed by atoms with Crippen molar-refractivity contribution in [1.29, 1.82) is 0 Å². The van der Waals surface area contributed by atoms with Gasteiger partial charge in [0.1, 0.15) is 17.1 Å². The maximum atomic E-state index is 13.7. The third-order valence-electron chi connectivity index (χ3n) is 2.88. The molecule has 0 aliphatic heterocycles. The fourth-order valence-corrected chi connectivity index (χ4v) is 1.93. The van der Waals surface area contributed by atoms with E-state index in [9.17, 15) is 9.50 Å². The average molecular weight is 270 g/mol. The Kier molecular flexibility index (Phi) is 3.16. The molecule has 5 heteroatoms. The number of aromatic nitrogens is 2. The van der Waals surface area contributed by atoms with Gasteiger partial charge in [0.2, 0.25) is 0 Å². The van der Waals surface area contributed by atoms with Crippen LogP contribution in [-0.4, -0.2) is 15.2 Å². The number of rotatable bonds is 3. The van der Waals surface area contributed by atoms with Crippen molar-refractivity contribution in [2.45, 2.75) is 6.42 Å². The first-order chi connectivity index (χ1) is 9.74. The van der Waals surface area contributed by atoms with E-state index in [1.165, 1.54) is 18.2 Å². The SMILES string of the molecule is Oc1cccc(F)c1-c1nc(Cc2ccccc2)no1. The fraction of sp³-hybridized carbons (Fsp3) is 0.0667. The second kappa shape index (κ2) is 5.13. The van der Waals surface area contributed by atoms with Crippen LogP contribution in [-0.2, 0) is 6.42 Å². The number of aromatic hydroxyl groups is 1. The van der Waals surface area contributed by atoms with E-state index in [4.69, 9.17) is 4.52 Å². The maximum absolute atomic E-state index is 13.7. The number of halogens is 1. The van der Waals surface area contributed by atoms with Crippen LogP contribution in [0.3, 0.4) is 0 Å². The highest BCUT2D eigenvalue weighted by molar-refractivity contribution is 5.62. The standard InChI is InChI=1S/C15H11FN2O2/c16-11-7-4-8-12(19)14(11)15-17-13(18-20-15)9-10-5-2-1-3-6-10/h1-8,19H,9H2. The summed E-state index contributed by atoms with van der Waals surface area (Å²) in [5.74, 6) is -0.403. The molecule has 100 valence electrons. The van der Waals surface area contributed by atoms with E-state index in [-0.39, 0.29) is 17.2 Å². The van der Waals surface area contributed by atoms with Crippen LogP contribution < -0.4 is 0 Å². The van der Waals surface area contributed by atoms with Gasteiger partial charge in [0, 0.05) is 6.42 Å². The van der Waals surface area contributed by atoms with Gasteiger partial charge in [-0.2, -0.15) is 4.98 Å². The van der Waals surface area contributed by atoms with E-state index in [0.29, 0.717) is 12.2 Å². The highest BCUT2D eigenvalue weighted by Crippen LogP contribution is 2.30. The molecule has 20 heavy (non-hydrogen) atoms. The number of nitrogens with zero attached hydrogens (tertiary/aromatic N) is 2. The molecule has 0 aliphatic rings. The van der Waals surface area contributed by atoms with Gasteiger partial charge in [-0.15, -0.1) is 0 Å². The van der Waals surface area contributed by atoms with Crippen LogP contribution in [0, 0.1) is 5.82 Å². The van der Waals surface area contributed by atoms with Gasteiger partial charge < -0.3 is 9.63 Å². The Morgan fingerprint density at radius 2 is 1.85 bits per heavy atom. The Balaban J connectivity index is 1.91. The third kappa shape index (κ3) is 2.38. The van der Waals surface area contributed by atoms with E-state index in [1.54, 1.807) is 0 Å². The summed E-state index contributed by atoms with van der Waals surface area (Å²) in [7, 11) is 0. The molecule has 1 aromatic heterocycles. The van der Waals surface area contributed by atoms with E-state index >= 15 is 0 Å². The van der Waals surface area contributed by atoms with Gasteiger partial charge in [-0.25, -0.2) is 4.39 Å². The minimum atomic E-state index is -0.597. The quantitative estimate of drug-likeness (QED) is 0.794. The largest absolute Gasteiger partial charge is 0.507 e. The average Bonchev–Trinajstić information content (AvgIpc) is 2.88. The Hall–Kier alpha value is -2.69. The summed E-state index contributed by atoms with van der Waals surface area (Å²) < 4.78 is 18.7. The van der Waals surface area contributed by atoms with E-state index in [2.05, 4.69) is 10.1 Å². The monoisotopic (exact) mass is 270 g/mol. The molecule has 3 rings (SSSR count). The molecule has 0 radical (unpaired) electrons. The topological polar surface area (TPSA) is 59.2 Å². The molecule has 0 aliphatic carbocycles. The molecule has 0 saturated carbocycles. The van der Waals surface area contributed by atoms with E-state index < -0.39 is 5.82 Å². The van der Waals surface area contributed by atoms with Gasteiger partial charge in [-0.05, 0) is 17.7 Å². The van der Waals surface area contributed by atoms with Crippen LogP contribution in [0.25, 0.3) is 11.5 Å². The molecule has 1 N–H and O–H groups in total. The Morgan fingerprint density at radius 1 is 1.05 bits per heavy atom. The second-order valence-corrected chi connectivity index (χ2v) is 4.31. The zero-order valence-corrected chi connectivity index (χ0v) is 10.5. The molecule has 0 fully saturated rings. The molecule has 1 heterocycles. The summed E-state index contributed by atoms with van der Waals surface area (Å²) in [6.45, 7) is 0. The number of hydrogen-bond acceptors (Lipinski definition) is 4. The van der Waals surface area contributed by atoms with Gasteiger partial charge in [0.15, 0.2) is 5.82 Å². The van der Waals surface area contributed by atoms with Crippen LogP contribution in [0.4, 0.5) is 4.39 Å². The van der Waals surface area contributed by atoms with Crippen LogP contribution in [0.5, 0.6) is 5.75 Å². The first kappa shape index (κ1) is 12.3. The van der Waals surface area contributed by atoms with Gasteiger partial charge in [0.05, 0.1) is 0 Å². The predicted molar refractivity (Wildman–Crippen MR) is 70.6 cm³/mol. The van der Waals surface area contributed by atoms with Crippen molar-refractivity contribution < 1.29 is 14.0 Å². The summed E-state index contributed by atoms with van der Waals surface area (Å²) in [5, 5.41) is 13.5. The van der Waals surface area contributed by atoms with Gasteiger partial charge >= 0.3 is 0 Å². The molecule has 3 aromatic rings. The summed E-state index contributed by atoms with van der Waals surface area (Å²) in [6, 6.07) is 13.7. The van der Waals surface area contributed by atoms with Crippen LogP contribution in [0.2, 0.25) is 0 Å². The lowest BCUT2D eigenvalue weighted by Crippen LogP contribution is -1.91. The zero-order valence-electron chi connectivity index (χ0n) is 10.5. The Labute approximate surface area is 114 Å². The summed E-state index contributed by atoms with van der Waals surface area (Å²) in [4.78, 5) is 4.12. The molecule has 2 aromatic carbocycles. The molecule has 0 amide bonds. The lowest BCUT2D eigenvalue weighted by atomic mass is 10.1. The number of phenolic OH excluding ortho intramolecular Hbond substituents is 1. The van der Waals surface area contributed by atoms with Crippen LogP contribution >= 0.6 is 0 Å². The highest BCUT2D eigenvalue weighted by Gasteiger charge is 2.17. The molecular formula is C15H11FN2O2. The zero-order chi connectivity index (χ0) is 13.9. The van der Waals surface area contributed by atoms with Gasteiger partial charge in [-0.3, -0.25) is 0 Å². The molecule has 0 saturated heterocycles. The molecule has 0 unspecified atom stereocenters. The number of phenols is 1. The normalized spacial score (nSPS) is 10.7. The van der Waals surface area contributed by atoms with Crippen LogP contribution in [0.15, 0.2) is 53.1 Å². The van der Waals surface area contributed by atoms with Crippen molar-refractivity contribution in [1.82, 2.24) is 10.1 Å². The van der Waals surface area contributed by atoms with E-state index in [1.807, 2.05) is 30.3 Å². The molecular weight excluding hydrogens is 259 g/mol. The third-order valence-corrected chi connectivity index (χ3v) is 2.88. The summed E-state index contributed by atoms with van der Waals surface area (Å²) in [6.07, 6.45) is 0.486. The summed E-state index contributed by atoms with van der Waals surface area (Å²) >= 11 is 0. The molecule has 0 spiro atoms. The minimum absolute atomic E-state index is 0.0217. The van der Waals surface area contributed by atoms with E-state index in [0.717, 1.165) is 5.56 Å². The Morgan fingerprint density at radius 3 is 2.60 bits per heavy atom. The summed E-state index contributed by atoms with van der Waals surface area (Å²) in [5.41, 5.74) is 0.955. The van der Waals surface area contributed by atoms with Crippen LogP contribution in [0.1, 0.15) is 11.4 Å². The van der Waals surface area contributed by atoms with Crippen molar-refractivity contribution in [2.75, 3.05) is 0 Å². The lowest BCUT2D eigenvalue weighted by molar-refractivity contribution is 0.415. The van der Waals surface area contributed by atoms with Crippen molar-refractivity contribution in [3.05, 3.63) is 65.7 Å².